The van der Waals surface area contributed by atoms with Gasteiger partial charge in [0.25, 0.3) is 5.91 Å². The highest BCUT2D eigenvalue weighted by molar-refractivity contribution is 5.96. The van der Waals surface area contributed by atoms with Crippen molar-refractivity contribution in [1.29, 1.82) is 0 Å². The number of nitrogens with one attached hydrogen (secondary N) is 1. The number of rotatable bonds is 10. The molecule has 0 bridgehead atoms. The Hall–Kier alpha value is -4.00. The topological polar surface area (TPSA) is 77.1 Å². The van der Waals surface area contributed by atoms with Gasteiger partial charge in [-0.2, -0.15) is 0 Å². The van der Waals surface area contributed by atoms with E-state index in [4.69, 9.17) is 14.2 Å². The molecule has 1 heterocycles. The van der Waals surface area contributed by atoms with Gasteiger partial charge in [0.1, 0.15) is 6.61 Å². The normalized spacial score (nSPS) is 13.9. The number of carbonyl (C=O) groups excluding carboxylic acids is 2. The molecule has 2 amide bonds. The SMILES string of the molecule is COc1cc(C(=O)NC(CN2CCCC2=O)c2ccccc2)cc(OC)c1OCc1ccccc1. The second-order valence-electron chi connectivity index (χ2n) is 8.36. The van der Waals surface area contributed by atoms with Crippen LogP contribution in [0.3, 0.4) is 0 Å². The molecule has 1 fully saturated rings. The van der Waals surface area contributed by atoms with E-state index in [0.29, 0.717) is 48.9 Å². The van der Waals surface area contributed by atoms with Crippen LogP contribution < -0.4 is 19.5 Å². The van der Waals surface area contributed by atoms with E-state index in [1.165, 1.54) is 14.2 Å². The summed E-state index contributed by atoms with van der Waals surface area (Å²) in [6.07, 6.45) is 1.39. The van der Waals surface area contributed by atoms with Gasteiger partial charge in [-0.05, 0) is 29.7 Å². The molecule has 3 aromatic carbocycles. The van der Waals surface area contributed by atoms with Gasteiger partial charge in [0.2, 0.25) is 11.7 Å². The molecule has 1 N–H and O–H groups in total. The van der Waals surface area contributed by atoms with Crippen molar-refractivity contribution in [2.45, 2.75) is 25.5 Å². The molecule has 0 aliphatic carbocycles. The van der Waals surface area contributed by atoms with Crippen molar-refractivity contribution in [3.63, 3.8) is 0 Å². The minimum Gasteiger partial charge on any atom is -0.493 e. The first-order chi connectivity index (χ1) is 17.1. The third-order valence-corrected chi connectivity index (χ3v) is 6.03. The van der Waals surface area contributed by atoms with Gasteiger partial charge in [0.15, 0.2) is 11.5 Å². The molecule has 1 aliphatic rings. The minimum absolute atomic E-state index is 0.114. The Bertz CT molecular complexity index is 1130. The first-order valence-electron chi connectivity index (χ1n) is 11.7. The standard InChI is InChI=1S/C28H30N2O5/c1-33-24-16-22(17-25(34-2)27(24)35-19-20-10-5-3-6-11-20)28(32)29-23(21-12-7-4-8-13-21)18-30-15-9-14-26(30)31/h3-8,10-13,16-17,23H,9,14-15,18-19H2,1-2H3,(H,29,32). The summed E-state index contributed by atoms with van der Waals surface area (Å²) in [5.41, 5.74) is 2.31. The van der Waals surface area contributed by atoms with Crippen molar-refractivity contribution < 1.29 is 23.8 Å². The minimum atomic E-state index is -0.350. The van der Waals surface area contributed by atoms with Crippen LogP contribution in [0.15, 0.2) is 72.8 Å². The quantitative estimate of drug-likeness (QED) is 0.472. The van der Waals surface area contributed by atoms with Crippen LogP contribution in [-0.4, -0.2) is 44.0 Å². The molecular weight excluding hydrogens is 444 g/mol. The largest absolute Gasteiger partial charge is 0.493 e. The first kappa shape index (κ1) is 24.1. The highest BCUT2D eigenvalue weighted by Gasteiger charge is 2.26. The maximum Gasteiger partial charge on any atom is 0.252 e. The van der Waals surface area contributed by atoms with Crippen LogP contribution in [0.5, 0.6) is 17.2 Å². The van der Waals surface area contributed by atoms with E-state index in [0.717, 1.165) is 17.5 Å². The zero-order valence-electron chi connectivity index (χ0n) is 20.0. The van der Waals surface area contributed by atoms with E-state index in [1.54, 1.807) is 17.0 Å². The highest BCUT2D eigenvalue weighted by Crippen LogP contribution is 2.39. The number of likely N-dealkylation sites (tertiary alicyclic amines) is 1. The van der Waals surface area contributed by atoms with E-state index in [9.17, 15) is 9.59 Å². The fourth-order valence-electron chi connectivity index (χ4n) is 4.16. The lowest BCUT2D eigenvalue weighted by Crippen LogP contribution is -2.38. The zero-order chi connectivity index (χ0) is 24.6. The molecule has 0 spiro atoms. The number of ether oxygens (including phenoxy) is 3. The van der Waals surface area contributed by atoms with Gasteiger partial charge >= 0.3 is 0 Å². The first-order valence-corrected chi connectivity index (χ1v) is 11.7. The van der Waals surface area contributed by atoms with Crippen LogP contribution >= 0.6 is 0 Å². The number of carbonyl (C=O) groups is 2. The average Bonchev–Trinajstić information content (AvgIpc) is 3.31. The number of methoxy groups -OCH3 is 2. The number of benzene rings is 3. The molecule has 0 radical (unpaired) electrons. The van der Waals surface area contributed by atoms with E-state index in [2.05, 4.69) is 5.32 Å². The van der Waals surface area contributed by atoms with Crippen LogP contribution in [0.25, 0.3) is 0 Å². The van der Waals surface area contributed by atoms with Gasteiger partial charge < -0.3 is 24.4 Å². The van der Waals surface area contributed by atoms with E-state index in [1.807, 2.05) is 60.7 Å². The summed E-state index contributed by atoms with van der Waals surface area (Å²) in [6.45, 7) is 1.45. The lowest BCUT2D eigenvalue weighted by atomic mass is 10.1. The lowest BCUT2D eigenvalue weighted by molar-refractivity contribution is -0.128. The molecule has 35 heavy (non-hydrogen) atoms. The Labute approximate surface area is 205 Å². The zero-order valence-corrected chi connectivity index (χ0v) is 20.0. The lowest BCUT2D eigenvalue weighted by Gasteiger charge is -2.25. The van der Waals surface area contributed by atoms with Crippen molar-refractivity contribution in [2.75, 3.05) is 27.3 Å². The van der Waals surface area contributed by atoms with E-state index < -0.39 is 0 Å². The third-order valence-electron chi connectivity index (χ3n) is 6.03. The Morgan fingerprint density at radius 2 is 1.60 bits per heavy atom. The second-order valence-corrected chi connectivity index (χ2v) is 8.36. The molecule has 7 nitrogen and oxygen atoms in total. The Morgan fingerprint density at radius 1 is 0.971 bits per heavy atom. The summed E-state index contributed by atoms with van der Waals surface area (Å²) >= 11 is 0. The van der Waals surface area contributed by atoms with E-state index in [-0.39, 0.29) is 17.9 Å². The molecule has 0 saturated carbocycles. The fourth-order valence-corrected chi connectivity index (χ4v) is 4.16. The van der Waals surface area contributed by atoms with Gasteiger partial charge in [-0.25, -0.2) is 0 Å². The Kier molecular flexibility index (Phi) is 7.88. The number of amides is 2. The fraction of sp³-hybridized carbons (Fsp3) is 0.286. The third kappa shape index (κ3) is 5.93. The summed E-state index contributed by atoms with van der Waals surface area (Å²) in [4.78, 5) is 27.4. The van der Waals surface area contributed by atoms with Crippen molar-refractivity contribution in [1.82, 2.24) is 10.2 Å². The van der Waals surface area contributed by atoms with Crippen molar-refractivity contribution in [3.05, 3.63) is 89.5 Å². The highest BCUT2D eigenvalue weighted by atomic mass is 16.5. The molecule has 1 unspecified atom stereocenters. The number of hydrogen-bond acceptors (Lipinski definition) is 5. The summed E-state index contributed by atoms with van der Waals surface area (Å²) in [5, 5.41) is 3.09. The molecule has 182 valence electrons. The summed E-state index contributed by atoms with van der Waals surface area (Å²) < 4.78 is 17.1. The molecule has 3 aromatic rings. The van der Waals surface area contributed by atoms with Gasteiger partial charge in [-0.3, -0.25) is 9.59 Å². The van der Waals surface area contributed by atoms with Gasteiger partial charge in [-0.1, -0.05) is 60.7 Å². The summed E-state index contributed by atoms with van der Waals surface area (Å²) in [7, 11) is 3.05. The molecule has 1 saturated heterocycles. The molecule has 0 aromatic heterocycles. The van der Waals surface area contributed by atoms with Crippen LogP contribution in [0.2, 0.25) is 0 Å². The Morgan fingerprint density at radius 3 is 2.17 bits per heavy atom. The number of hydrogen-bond donors (Lipinski definition) is 1. The van der Waals surface area contributed by atoms with Gasteiger partial charge in [0.05, 0.1) is 20.3 Å². The second kappa shape index (κ2) is 11.4. The molecule has 7 heteroatoms. The molecular formula is C28H30N2O5. The average molecular weight is 475 g/mol. The van der Waals surface area contributed by atoms with Gasteiger partial charge in [0, 0.05) is 25.1 Å². The molecule has 4 rings (SSSR count). The summed E-state index contributed by atoms with van der Waals surface area (Å²) in [5.74, 6) is 1.05. The molecule has 1 atom stereocenters. The predicted molar refractivity (Wildman–Crippen MR) is 133 cm³/mol. The summed E-state index contributed by atoms with van der Waals surface area (Å²) in [6, 6.07) is 22.4. The maximum atomic E-state index is 13.3. The van der Waals surface area contributed by atoms with Crippen LogP contribution in [0, 0.1) is 0 Å². The van der Waals surface area contributed by atoms with Crippen LogP contribution in [0.1, 0.15) is 40.4 Å². The number of nitrogens with zero attached hydrogens (tertiary/aromatic N) is 1. The molecule has 1 aliphatic heterocycles. The van der Waals surface area contributed by atoms with Crippen molar-refractivity contribution >= 4 is 11.8 Å². The van der Waals surface area contributed by atoms with Crippen molar-refractivity contribution in [2.24, 2.45) is 0 Å². The maximum absolute atomic E-state index is 13.3. The van der Waals surface area contributed by atoms with Crippen LogP contribution in [0.4, 0.5) is 0 Å². The van der Waals surface area contributed by atoms with Crippen molar-refractivity contribution in [3.8, 4) is 17.2 Å². The smallest absolute Gasteiger partial charge is 0.252 e. The Balaban J connectivity index is 1.56. The predicted octanol–water partition coefficient (Wildman–Crippen LogP) is 4.38. The monoisotopic (exact) mass is 474 g/mol. The van der Waals surface area contributed by atoms with E-state index >= 15 is 0 Å². The van der Waals surface area contributed by atoms with Crippen LogP contribution in [-0.2, 0) is 11.4 Å². The van der Waals surface area contributed by atoms with Gasteiger partial charge in [-0.15, -0.1) is 0 Å².